The van der Waals surface area contributed by atoms with Gasteiger partial charge < -0.3 is 14.8 Å². The van der Waals surface area contributed by atoms with Gasteiger partial charge in [-0.15, -0.1) is 0 Å². The maximum absolute atomic E-state index is 11.8. The number of hydrogen-bond donors (Lipinski definition) is 1. The molecule has 6 nitrogen and oxygen atoms in total. The highest BCUT2D eigenvalue weighted by molar-refractivity contribution is 6.32. The van der Waals surface area contributed by atoms with Crippen molar-refractivity contribution in [3.63, 3.8) is 0 Å². The Bertz CT molecular complexity index is 722. The third-order valence-electron chi connectivity index (χ3n) is 2.84. The summed E-state index contributed by atoms with van der Waals surface area (Å²) in [6, 6.07) is 9.74. The number of nitrogens with one attached hydrogen (secondary N) is 1. The number of ether oxygens (including phenoxy) is 2. The largest absolute Gasteiger partial charge is 0.479 e. The first-order valence-corrected chi connectivity index (χ1v) is 7.70. The third kappa shape index (κ3) is 5.40. The van der Waals surface area contributed by atoms with Crippen molar-refractivity contribution in [3.05, 3.63) is 52.8 Å². The van der Waals surface area contributed by atoms with E-state index in [1.165, 1.54) is 13.1 Å². The van der Waals surface area contributed by atoms with Crippen LogP contribution in [-0.4, -0.2) is 29.6 Å². The Morgan fingerprint density at radius 3 is 2.58 bits per heavy atom. The van der Waals surface area contributed by atoms with Gasteiger partial charge in [-0.1, -0.05) is 23.2 Å². The molecule has 1 N–H and O–H groups in total. The van der Waals surface area contributed by atoms with Crippen molar-refractivity contribution in [2.75, 3.05) is 11.9 Å². The molecular formula is C16H14Cl2N2O4. The molecule has 1 aromatic heterocycles. The average Bonchev–Trinajstić information content (AvgIpc) is 2.57. The van der Waals surface area contributed by atoms with Crippen LogP contribution in [0.3, 0.4) is 0 Å². The van der Waals surface area contributed by atoms with Gasteiger partial charge in [-0.3, -0.25) is 4.79 Å². The highest BCUT2D eigenvalue weighted by Gasteiger charge is 2.18. The summed E-state index contributed by atoms with van der Waals surface area (Å²) in [6.45, 7) is 1.06. The third-order valence-corrected chi connectivity index (χ3v) is 3.39. The van der Waals surface area contributed by atoms with Gasteiger partial charge in [0, 0.05) is 11.2 Å². The summed E-state index contributed by atoms with van der Waals surface area (Å²) in [5.74, 6) is -0.732. The molecule has 0 aliphatic heterocycles. The van der Waals surface area contributed by atoms with Crippen molar-refractivity contribution in [2.24, 2.45) is 0 Å². The molecule has 0 saturated heterocycles. The fourth-order valence-corrected chi connectivity index (χ4v) is 1.98. The van der Waals surface area contributed by atoms with E-state index in [2.05, 4.69) is 10.3 Å². The second-order valence-corrected chi connectivity index (χ2v) is 5.51. The number of nitrogens with zero attached hydrogens (tertiary/aromatic N) is 1. The first kappa shape index (κ1) is 18.0. The Labute approximate surface area is 148 Å². The summed E-state index contributed by atoms with van der Waals surface area (Å²) in [7, 11) is 0. The van der Waals surface area contributed by atoms with Crippen molar-refractivity contribution in [1.82, 2.24) is 4.98 Å². The molecule has 0 saturated carbocycles. The normalized spacial score (nSPS) is 11.5. The number of anilines is 1. The molecule has 0 unspecified atom stereocenters. The molecule has 1 aromatic carbocycles. The predicted octanol–water partition coefficient (Wildman–Crippen LogP) is 3.34. The fraction of sp³-hybridized carbons (Fsp3) is 0.188. The van der Waals surface area contributed by atoms with Gasteiger partial charge in [0.2, 0.25) is 0 Å². The van der Waals surface area contributed by atoms with E-state index in [1.807, 2.05) is 0 Å². The number of esters is 1. The van der Waals surface area contributed by atoms with Crippen LogP contribution in [0.4, 0.5) is 5.69 Å². The minimum absolute atomic E-state index is 0.150. The van der Waals surface area contributed by atoms with Gasteiger partial charge in [-0.05, 0) is 43.3 Å². The summed E-state index contributed by atoms with van der Waals surface area (Å²) < 4.78 is 10.3. The highest BCUT2D eigenvalue weighted by atomic mass is 35.5. The van der Waals surface area contributed by atoms with E-state index in [0.717, 1.165) is 0 Å². The zero-order valence-corrected chi connectivity index (χ0v) is 14.2. The van der Waals surface area contributed by atoms with Gasteiger partial charge in [-0.2, -0.15) is 0 Å². The smallest absolute Gasteiger partial charge is 0.347 e. The molecule has 0 aliphatic carbocycles. The van der Waals surface area contributed by atoms with Gasteiger partial charge in [0.15, 0.2) is 17.9 Å². The summed E-state index contributed by atoms with van der Waals surface area (Å²) in [6.07, 6.45) is 0.620. The molecule has 1 atom stereocenters. The topological polar surface area (TPSA) is 77.5 Å². The first-order chi connectivity index (χ1) is 11.5. The van der Waals surface area contributed by atoms with Crippen LogP contribution in [-0.2, 0) is 14.3 Å². The van der Waals surface area contributed by atoms with Crippen LogP contribution in [0.15, 0.2) is 42.6 Å². The molecule has 2 rings (SSSR count). The van der Waals surface area contributed by atoms with Crippen LogP contribution in [0.5, 0.6) is 5.75 Å². The van der Waals surface area contributed by atoms with Gasteiger partial charge in [0.05, 0.1) is 5.69 Å². The van der Waals surface area contributed by atoms with Gasteiger partial charge in [0.25, 0.3) is 5.91 Å². The molecule has 126 valence electrons. The van der Waals surface area contributed by atoms with E-state index in [4.69, 9.17) is 32.7 Å². The molecule has 0 radical (unpaired) electrons. The molecule has 2 aromatic rings. The minimum atomic E-state index is -0.874. The van der Waals surface area contributed by atoms with Crippen molar-refractivity contribution < 1.29 is 19.1 Å². The maximum Gasteiger partial charge on any atom is 0.347 e. The highest BCUT2D eigenvalue weighted by Crippen LogP contribution is 2.18. The summed E-state index contributed by atoms with van der Waals surface area (Å²) in [4.78, 5) is 27.4. The molecular weight excluding hydrogens is 355 g/mol. The molecule has 24 heavy (non-hydrogen) atoms. The number of rotatable bonds is 6. The Morgan fingerprint density at radius 1 is 1.21 bits per heavy atom. The summed E-state index contributed by atoms with van der Waals surface area (Å²) in [5.41, 5.74) is 0.339. The van der Waals surface area contributed by atoms with Crippen molar-refractivity contribution in [1.29, 1.82) is 0 Å². The summed E-state index contributed by atoms with van der Waals surface area (Å²) in [5, 5.41) is 3.20. The predicted molar refractivity (Wildman–Crippen MR) is 90.4 cm³/mol. The minimum Gasteiger partial charge on any atom is -0.479 e. The Hall–Kier alpha value is -2.31. The molecule has 8 heteroatoms. The zero-order valence-electron chi connectivity index (χ0n) is 12.7. The van der Waals surface area contributed by atoms with Crippen molar-refractivity contribution >= 4 is 40.8 Å². The van der Waals surface area contributed by atoms with Crippen LogP contribution < -0.4 is 10.1 Å². The lowest BCUT2D eigenvalue weighted by molar-refractivity contribution is -0.153. The lowest BCUT2D eigenvalue weighted by atomic mass is 10.3. The van der Waals surface area contributed by atoms with Crippen molar-refractivity contribution in [3.8, 4) is 5.75 Å². The second-order valence-electron chi connectivity index (χ2n) is 4.71. The Balaban J connectivity index is 1.80. The quantitative estimate of drug-likeness (QED) is 0.624. The van der Waals surface area contributed by atoms with E-state index in [1.54, 1.807) is 36.4 Å². The molecule has 0 fully saturated rings. The molecule has 1 heterocycles. The second kappa shape index (κ2) is 8.52. The van der Waals surface area contributed by atoms with E-state index in [0.29, 0.717) is 16.5 Å². The van der Waals surface area contributed by atoms with Gasteiger partial charge in [-0.25, -0.2) is 9.78 Å². The van der Waals surface area contributed by atoms with Crippen LogP contribution in [0.25, 0.3) is 0 Å². The van der Waals surface area contributed by atoms with Crippen LogP contribution in [0, 0.1) is 0 Å². The lowest BCUT2D eigenvalue weighted by Crippen LogP contribution is -2.29. The number of benzene rings is 1. The van der Waals surface area contributed by atoms with Gasteiger partial charge >= 0.3 is 5.97 Å². The first-order valence-electron chi connectivity index (χ1n) is 6.95. The zero-order chi connectivity index (χ0) is 17.5. The van der Waals surface area contributed by atoms with E-state index >= 15 is 0 Å². The summed E-state index contributed by atoms with van der Waals surface area (Å²) >= 11 is 11.6. The van der Waals surface area contributed by atoms with Gasteiger partial charge in [0.1, 0.15) is 5.75 Å². The molecule has 1 amide bonds. The number of pyridine rings is 1. The number of hydrogen-bond acceptors (Lipinski definition) is 5. The van der Waals surface area contributed by atoms with Crippen LogP contribution in [0.2, 0.25) is 10.2 Å². The van der Waals surface area contributed by atoms with E-state index in [9.17, 15) is 9.59 Å². The molecule has 0 spiro atoms. The molecule has 0 bridgehead atoms. The van der Waals surface area contributed by atoms with E-state index < -0.39 is 24.6 Å². The monoisotopic (exact) mass is 368 g/mol. The maximum atomic E-state index is 11.8. The lowest BCUT2D eigenvalue weighted by Gasteiger charge is -2.14. The Kier molecular flexibility index (Phi) is 6.40. The average molecular weight is 369 g/mol. The van der Waals surface area contributed by atoms with Crippen molar-refractivity contribution in [2.45, 2.75) is 13.0 Å². The fourth-order valence-electron chi connectivity index (χ4n) is 1.68. The van der Waals surface area contributed by atoms with Crippen LogP contribution >= 0.6 is 23.2 Å². The van der Waals surface area contributed by atoms with E-state index in [-0.39, 0.29) is 5.15 Å². The Morgan fingerprint density at radius 2 is 1.92 bits per heavy atom. The number of aromatic nitrogens is 1. The number of carbonyl (C=O) groups is 2. The number of amides is 1. The standard InChI is InChI=1S/C16H14Cl2N2O4/c1-10(24-12-6-4-11(17)5-7-12)16(22)23-9-14(21)20-13-3-2-8-19-15(13)18/h2-8,10H,9H2,1H3,(H,20,21)/t10-/m0/s1. The number of halogens is 2. The molecule has 0 aliphatic rings. The number of carbonyl (C=O) groups excluding carboxylic acids is 2. The van der Waals surface area contributed by atoms with Crippen LogP contribution in [0.1, 0.15) is 6.92 Å². The SMILES string of the molecule is C[C@H](Oc1ccc(Cl)cc1)C(=O)OCC(=O)Nc1cccnc1Cl.